The predicted octanol–water partition coefficient (Wildman–Crippen LogP) is 0.664. The van der Waals surface area contributed by atoms with Gasteiger partial charge < -0.3 is 10.8 Å². The summed E-state index contributed by atoms with van der Waals surface area (Å²) in [6, 6.07) is 5.84. The van der Waals surface area contributed by atoms with Gasteiger partial charge in [0.05, 0.1) is 11.9 Å². The Labute approximate surface area is 112 Å². The summed E-state index contributed by atoms with van der Waals surface area (Å²) in [4.78, 5) is 0. The quantitative estimate of drug-likeness (QED) is 0.834. The van der Waals surface area contributed by atoms with Gasteiger partial charge in [0.15, 0.2) is 9.84 Å². The second-order valence-corrected chi connectivity index (χ2v) is 7.41. The van der Waals surface area contributed by atoms with Crippen LogP contribution in [0.3, 0.4) is 0 Å². The molecule has 0 aliphatic heterocycles. The number of halogens is 1. The van der Waals surface area contributed by atoms with Gasteiger partial charge in [-0.1, -0.05) is 19.1 Å². The molecule has 0 spiro atoms. The van der Waals surface area contributed by atoms with Crippen molar-refractivity contribution in [3.63, 3.8) is 0 Å². The number of rotatable bonds is 5. The minimum atomic E-state index is -3.33. The average molecular weight is 287 g/mol. The van der Waals surface area contributed by atoms with Gasteiger partial charge in [0, 0.05) is 23.6 Å². The normalized spacial score (nSPS) is 30.3. The number of aliphatic hydroxyl groups is 1. The molecule has 3 atom stereocenters. The number of hydrogen-bond acceptors (Lipinski definition) is 4. The van der Waals surface area contributed by atoms with Crippen molar-refractivity contribution >= 4 is 9.84 Å². The molecule has 4 nitrogen and oxygen atoms in total. The van der Waals surface area contributed by atoms with Gasteiger partial charge in [-0.15, -0.1) is 0 Å². The zero-order chi connectivity index (χ0) is 14.3. The molecule has 0 radical (unpaired) electrons. The zero-order valence-corrected chi connectivity index (χ0v) is 11.5. The molecule has 0 heterocycles. The minimum absolute atomic E-state index is 0.00870. The molecule has 1 aromatic carbocycles. The third-order valence-corrected chi connectivity index (χ3v) is 6.37. The van der Waals surface area contributed by atoms with Gasteiger partial charge in [0.1, 0.15) is 5.82 Å². The molecule has 0 amide bonds. The second kappa shape index (κ2) is 4.85. The molecule has 1 saturated carbocycles. The Hall–Kier alpha value is -0.980. The van der Waals surface area contributed by atoms with Crippen LogP contribution in [0.5, 0.6) is 0 Å². The smallest absolute Gasteiger partial charge is 0.154 e. The summed E-state index contributed by atoms with van der Waals surface area (Å²) in [6.45, 7) is 1.32. The third kappa shape index (κ3) is 2.17. The lowest BCUT2D eigenvalue weighted by Gasteiger charge is -2.11. The number of sulfone groups is 1. The molecule has 1 fully saturated rings. The van der Waals surface area contributed by atoms with Crippen molar-refractivity contribution in [3.05, 3.63) is 35.6 Å². The van der Waals surface area contributed by atoms with Crippen molar-refractivity contribution in [3.8, 4) is 0 Å². The fraction of sp³-hybridized carbons (Fsp3) is 0.538. The summed E-state index contributed by atoms with van der Waals surface area (Å²) in [5, 5.41) is 8.83. The molecular weight excluding hydrogens is 269 g/mol. The van der Waals surface area contributed by atoms with Crippen LogP contribution in [-0.2, 0) is 9.84 Å². The van der Waals surface area contributed by atoms with Crippen LogP contribution in [-0.4, -0.2) is 37.7 Å². The van der Waals surface area contributed by atoms with Crippen molar-refractivity contribution in [2.75, 3.05) is 18.9 Å². The van der Waals surface area contributed by atoms with Crippen LogP contribution in [0.1, 0.15) is 18.4 Å². The topological polar surface area (TPSA) is 80.4 Å². The Morgan fingerprint density at radius 2 is 2.16 bits per heavy atom. The first kappa shape index (κ1) is 14.4. The maximum atomic E-state index is 13.3. The van der Waals surface area contributed by atoms with E-state index in [-0.39, 0.29) is 18.9 Å². The van der Waals surface area contributed by atoms with E-state index in [2.05, 4.69) is 0 Å². The van der Waals surface area contributed by atoms with Gasteiger partial charge in [-0.3, -0.25) is 0 Å². The van der Waals surface area contributed by atoms with Crippen LogP contribution < -0.4 is 5.73 Å². The lowest BCUT2D eigenvalue weighted by atomic mass is 10.00. The van der Waals surface area contributed by atoms with Crippen LogP contribution in [0.15, 0.2) is 24.3 Å². The molecule has 0 aromatic heterocycles. The molecule has 106 valence electrons. The Morgan fingerprint density at radius 3 is 2.63 bits per heavy atom. The number of nitrogens with two attached hydrogens (primary N) is 1. The van der Waals surface area contributed by atoms with Gasteiger partial charge in [-0.05, 0) is 17.7 Å². The SMILES string of the molecule is CCS(=O)(=O)[C@@H]1[C@@H](c2cccc(F)c2)[C@]1(CN)CO. The van der Waals surface area contributed by atoms with Crippen molar-refractivity contribution in [2.24, 2.45) is 11.1 Å². The van der Waals surface area contributed by atoms with Gasteiger partial charge in [-0.2, -0.15) is 0 Å². The van der Waals surface area contributed by atoms with E-state index >= 15 is 0 Å². The monoisotopic (exact) mass is 287 g/mol. The van der Waals surface area contributed by atoms with Gasteiger partial charge in [0.2, 0.25) is 0 Å². The standard InChI is InChI=1S/C13H18FNO3S/c1-2-19(17,18)12-11(13(12,7-15)8-16)9-4-3-5-10(14)6-9/h3-6,11-12,16H,2,7-8,15H2,1H3/t11-,12-,13+/m1/s1. The second-order valence-electron chi connectivity index (χ2n) is 5.00. The zero-order valence-electron chi connectivity index (χ0n) is 10.7. The van der Waals surface area contributed by atoms with E-state index in [1.807, 2.05) is 0 Å². The van der Waals surface area contributed by atoms with Crippen LogP contribution in [0, 0.1) is 11.2 Å². The molecule has 19 heavy (non-hydrogen) atoms. The minimum Gasteiger partial charge on any atom is -0.396 e. The lowest BCUT2D eigenvalue weighted by molar-refractivity contribution is 0.212. The molecule has 1 aromatic rings. The molecule has 1 aliphatic rings. The third-order valence-electron chi connectivity index (χ3n) is 4.05. The van der Waals surface area contributed by atoms with E-state index in [0.29, 0.717) is 5.56 Å². The fourth-order valence-corrected chi connectivity index (χ4v) is 5.06. The van der Waals surface area contributed by atoms with Crippen LogP contribution in [0.4, 0.5) is 4.39 Å². The van der Waals surface area contributed by atoms with E-state index < -0.39 is 32.2 Å². The summed E-state index contributed by atoms with van der Waals surface area (Å²) in [7, 11) is -3.33. The maximum absolute atomic E-state index is 13.3. The molecule has 2 rings (SSSR count). The van der Waals surface area contributed by atoms with Crippen molar-refractivity contribution < 1.29 is 17.9 Å². The Kier molecular flexibility index (Phi) is 3.68. The van der Waals surface area contributed by atoms with Crippen LogP contribution in [0.2, 0.25) is 0 Å². The lowest BCUT2D eigenvalue weighted by Crippen LogP contribution is -2.28. The highest BCUT2D eigenvalue weighted by Crippen LogP contribution is 2.62. The first-order chi connectivity index (χ1) is 8.93. The molecule has 3 N–H and O–H groups in total. The number of hydrogen-bond donors (Lipinski definition) is 2. The van der Waals surface area contributed by atoms with Crippen molar-refractivity contribution in [1.29, 1.82) is 0 Å². The number of aliphatic hydroxyl groups excluding tert-OH is 1. The average Bonchev–Trinajstić information content (AvgIpc) is 3.09. The van der Waals surface area contributed by atoms with Gasteiger partial charge in [0.25, 0.3) is 0 Å². The summed E-state index contributed by atoms with van der Waals surface area (Å²) < 4.78 is 37.5. The van der Waals surface area contributed by atoms with Crippen LogP contribution >= 0.6 is 0 Å². The van der Waals surface area contributed by atoms with Crippen molar-refractivity contribution in [2.45, 2.75) is 18.1 Å². The molecule has 0 unspecified atom stereocenters. The first-order valence-electron chi connectivity index (χ1n) is 6.21. The Balaban J connectivity index is 2.45. The highest BCUT2D eigenvalue weighted by atomic mass is 32.2. The van der Waals surface area contributed by atoms with E-state index in [4.69, 9.17) is 5.73 Å². The highest BCUT2D eigenvalue weighted by molar-refractivity contribution is 7.92. The van der Waals surface area contributed by atoms with E-state index in [1.54, 1.807) is 13.0 Å². The maximum Gasteiger partial charge on any atom is 0.154 e. The summed E-state index contributed by atoms with van der Waals surface area (Å²) in [5.74, 6) is -0.852. The Bertz CT molecular complexity index is 569. The molecule has 0 bridgehead atoms. The van der Waals surface area contributed by atoms with E-state index in [9.17, 15) is 17.9 Å². The number of benzene rings is 1. The summed E-state index contributed by atoms with van der Waals surface area (Å²) in [5.41, 5.74) is 5.38. The Morgan fingerprint density at radius 1 is 1.47 bits per heavy atom. The van der Waals surface area contributed by atoms with E-state index in [0.717, 1.165) is 0 Å². The fourth-order valence-electron chi connectivity index (χ4n) is 2.90. The van der Waals surface area contributed by atoms with Gasteiger partial charge >= 0.3 is 0 Å². The molecular formula is C13H18FNO3S. The predicted molar refractivity (Wildman–Crippen MR) is 71.0 cm³/mol. The summed E-state index contributed by atoms with van der Waals surface area (Å²) in [6.07, 6.45) is 0. The largest absolute Gasteiger partial charge is 0.396 e. The molecule has 6 heteroatoms. The molecule has 0 saturated heterocycles. The van der Waals surface area contributed by atoms with E-state index in [1.165, 1.54) is 18.2 Å². The summed E-state index contributed by atoms with van der Waals surface area (Å²) >= 11 is 0. The molecule has 1 aliphatic carbocycles. The van der Waals surface area contributed by atoms with Crippen LogP contribution in [0.25, 0.3) is 0 Å². The first-order valence-corrected chi connectivity index (χ1v) is 7.92. The highest BCUT2D eigenvalue weighted by Gasteiger charge is 2.69. The van der Waals surface area contributed by atoms with Crippen molar-refractivity contribution in [1.82, 2.24) is 0 Å². The van der Waals surface area contributed by atoms with Gasteiger partial charge in [-0.25, -0.2) is 12.8 Å².